The minimum atomic E-state index is -1.87. The molecule has 1 saturated heterocycles. The van der Waals surface area contributed by atoms with E-state index in [0.29, 0.717) is 11.8 Å². The van der Waals surface area contributed by atoms with Gasteiger partial charge in [0, 0.05) is 13.0 Å². The second-order valence-corrected chi connectivity index (χ2v) is 15.5. The summed E-state index contributed by atoms with van der Waals surface area (Å²) in [5.41, 5.74) is 2.52. The van der Waals surface area contributed by atoms with Crippen molar-refractivity contribution in [3.05, 3.63) is 59.7 Å². The maximum atomic E-state index is 12.7. The Bertz CT molecular complexity index is 776. The van der Waals surface area contributed by atoms with E-state index >= 15 is 0 Å². The molecule has 4 atom stereocenters. The van der Waals surface area contributed by atoms with Crippen molar-refractivity contribution in [2.45, 2.75) is 78.2 Å². The van der Waals surface area contributed by atoms with Crippen molar-refractivity contribution >= 4 is 14.1 Å². The molecule has 0 spiro atoms. The molecule has 0 aromatic heterocycles. The highest BCUT2D eigenvalue weighted by Gasteiger charge is 2.54. The molecule has 0 radical (unpaired) electrons. The van der Waals surface area contributed by atoms with Crippen molar-refractivity contribution in [3.63, 3.8) is 0 Å². The first-order chi connectivity index (χ1) is 13.9. The molecule has 1 aromatic carbocycles. The highest BCUT2D eigenvalue weighted by molar-refractivity contribution is 6.80. The summed E-state index contributed by atoms with van der Waals surface area (Å²) >= 11 is 0. The van der Waals surface area contributed by atoms with Gasteiger partial charge in [0.05, 0.1) is 18.1 Å². The van der Waals surface area contributed by atoms with E-state index < -0.39 is 8.24 Å². The Labute approximate surface area is 185 Å². The molecular weight excluding hydrogens is 386 g/mol. The minimum absolute atomic E-state index is 0.0744. The third-order valence-electron chi connectivity index (χ3n) is 7.13. The van der Waals surface area contributed by atoms with E-state index in [1.165, 1.54) is 11.1 Å². The molecule has 4 heteroatoms. The van der Waals surface area contributed by atoms with Gasteiger partial charge in [-0.25, -0.2) is 0 Å². The topological polar surface area (TPSA) is 29.5 Å². The number of nitrogens with zero attached hydrogens (tertiary/aromatic N) is 1. The number of hydrogen-bond acceptors (Lipinski definition) is 2. The summed E-state index contributed by atoms with van der Waals surface area (Å²) in [5, 5.41) is 0.150. The van der Waals surface area contributed by atoms with Gasteiger partial charge in [-0.15, -0.1) is 0 Å². The lowest BCUT2D eigenvalue weighted by molar-refractivity contribution is -0.144. The Morgan fingerprint density at radius 3 is 2.37 bits per heavy atom. The molecule has 1 fully saturated rings. The fourth-order valence-corrected chi connectivity index (χ4v) is 6.61. The number of β-lactam (4-membered cyclic amide) rings is 1. The van der Waals surface area contributed by atoms with Gasteiger partial charge in [0.25, 0.3) is 0 Å². The highest BCUT2D eigenvalue weighted by Crippen LogP contribution is 2.44. The summed E-state index contributed by atoms with van der Waals surface area (Å²) in [7, 11) is -0.0738. The number of benzene rings is 1. The molecule has 1 amide bonds. The van der Waals surface area contributed by atoms with Gasteiger partial charge in [-0.3, -0.25) is 4.79 Å². The van der Waals surface area contributed by atoms with Crippen molar-refractivity contribution < 1.29 is 9.53 Å². The lowest BCUT2D eigenvalue weighted by atomic mass is 9.91. The standard InChI is InChI=1S/C26H41NO2Si/c1-19(17-20(2)24(29-7)18-22-13-11-10-12-14-22)15-16-23-21(3)25(28)27(23)30(8,9)26(4,5)6/h10-17,20-21,23-24H,18H2,1-9H3/b16-15+,19-17+/t20-,21-,23-,24-/m1/s1. The van der Waals surface area contributed by atoms with Gasteiger partial charge in [-0.2, -0.15) is 0 Å². The Balaban J connectivity index is 2.10. The van der Waals surface area contributed by atoms with Crippen LogP contribution < -0.4 is 0 Å². The number of amides is 1. The normalized spacial score (nSPS) is 22.9. The van der Waals surface area contributed by atoms with E-state index in [2.05, 4.69) is 102 Å². The maximum absolute atomic E-state index is 12.7. The largest absolute Gasteiger partial charge is 0.381 e. The zero-order chi connectivity index (χ0) is 22.7. The van der Waals surface area contributed by atoms with Crippen molar-refractivity contribution in [2.75, 3.05) is 7.11 Å². The summed E-state index contributed by atoms with van der Waals surface area (Å²) < 4.78 is 8.00. The van der Waals surface area contributed by atoms with Crippen molar-refractivity contribution in [1.82, 2.24) is 4.57 Å². The molecule has 1 aliphatic heterocycles. The van der Waals surface area contributed by atoms with Crippen LogP contribution in [0.15, 0.2) is 54.1 Å². The first kappa shape index (κ1) is 24.6. The van der Waals surface area contributed by atoms with Crippen LogP contribution in [0.4, 0.5) is 0 Å². The van der Waals surface area contributed by atoms with Gasteiger partial charge >= 0.3 is 0 Å². The third kappa shape index (κ3) is 5.33. The molecule has 1 aromatic rings. The summed E-state index contributed by atoms with van der Waals surface area (Å²) in [6.07, 6.45) is 7.77. The number of carbonyl (C=O) groups is 1. The van der Waals surface area contributed by atoms with Crippen LogP contribution in [-0.2, 0) is 16.0 Å². The number of rotatable bonds is 8. The Kier molecular flexibility index (Phi) is 7.92. The quantitative estimate of drug-likeness (QED) is 0.279. The van der Waals surface area contributed by atoms with Crippen molar-refractivity contribution in [2.24, 2.45) is 11.8 Å². The molecule has 0 N–H and O–H groups in total. The van der Waals surface area contributed by atoms with Gasteiger partial charge in [0.15, 0.2) is 8.24 Å². The predicted molar refractivity (Wildman–Crippen MR) is 130 cm³/mol. The number of carbonyl (C=O) groups excluding carboxylic acids is 1. The van der Waals surface area contributed by atoms with Gasteiger partial charge < -0.3 is 9.30 Å². The van der Waals surface area contributed by atoms with Gasteiger partial charge in [-0.05, 0) is 23.9 Å². The third-order valence-corrected chi connectivity index (χ3v) is 12.5. The van der Waals surface area contributed by atoms with Crippen molar-refractivity contribution in [1.29, 1.82) is 0 Å². The molecule has 0 aliphatic carbocycles. The zero-order valence-electron chi connectivity index (χ0n) is 20.4. The molecule has 1 aliphatic rings. The zero-order valence-corrected chi connectivity index (χ0v) is 21.4. The Hall–Kier alpha value is -1.65. The predicted octanol–water partition coefficient (Wildman–Crippen LogP) is 6.23. The lowest BCUT2D eigenvalue weighted by Gasteiger charge is -2.57. The molecule has 0 bridgehead atoms. The van der Waals surface area contributed by atoms with Crippen molar-refractivity contribution in [3.8, 4) is 0 Å². The molecule has 1 heterocycles. The smallest absolute Gasteiger partial charge is 0.220 e. The first-order valence-corrected chi connectivity index (χ1v) is 14.1. The van der Waals surface area contributed by atoms with Gasteiger partial charge in [0.2, 0.25) is 5.91 Å². The number of ether oxygens (including phenoxy) is 1. The number of methoxy groups -OCH3 is 1. The summed E-state index contributed by atoms with van der Waals surface area (Å²) in [6, 6.07) is 10.7. The summed E-state index contributed by atoms with van der Waals surface area (Å²) in [5.74, 6) is 0.691. The van der Waals surface area contributed by atoms with Crippen LogP contribution in [0, 0.1) is 11.8 Å². The van der Waals surface area contributed by atoms with Crippen LogP contribution in [0.5, 0.6) is 0 Å². The monoisotopic (exact) mass is 427 g/mol. The molecule has 2 rings (SSSR count). The molecule has 0 unspecified atom stereocenters. The lowest BCUT2D eigenvalue weighted by Crippen LogP contribution is -2.71. The van der Waals surface area contributed by atoms with Crippen LogP contribution in [0.3, 0.4) is 0 Å². The Morgan fingerprint density at radius 1 is 1.23 bits per heavy atom. The van der Waals surface area contributed by atoms with E-state index in [-0.39, 0.29) is 23.1 Å². The van der Waals surface area contributed by atoms with Gasteiger partial charge in [0.1, 0.15) is 0 Å². The molecule has 0 saturated carbocycles. The molecular formula is C26H41NO2Si. The van der Waals surface area contributed by atoms with Crippen LogP contribution in [0.25, 0.3) is 0 Å². The number of allylic oxidation sites excluding steroid dienone is 2. The van der Waals surface area contributed by atoms with E-state index in [9.17, 15) is 4.79 Å². The average Bonchev–Trinajstić information content (AvgIpc) is 2.67. The fourth-order valence-electron chi connectivity index (χ4n) is 4.07. The Morgan fingerprint density at radius 2 is 1.83 bits per heavy atom. The minimum Gasteiger partial charge on any atom is -0.381 e. The fraction of sp³-hybridized carbons (Fsp3) is 0.577. The molecule has 30 heavy (non-hydrogen) atoms. The van der Waals surface area contributed by atoms with Crippen LogP contribution >= 0.6 is 0 Å². The average molecular weight is 428 g/mol. The second-order valence-electron chi connectivity index (χ2n) is 10.4. The number of hydrogen-bond donors (Lipinski definition) is 0. The van der Waals surface area contributed by atoms with Crippen LogP contribution in [0.1, 0.15) is 47.1 Å². The van der Waals surface area contributed by atoms with E-state index in [1.54, 1.807) is 7.11 Å². The highest BCUT2D eigenvalue weighted by atomic mass is 28.3. The second kappa shape index (κ2) is 9.65. The van der Waals surface area contributed by atoms with E-state index in [1.807, 2.05) is 6.07 Å². The van der Waals surface area contributed by atoms with E-state index in [4.69, 9.17) is 4.74 Å². The maximum Gasteiger partial charge on any atom is 0.220 e. The van der Waals surface area contributed by atoms with Gasteiger partial charge in [-0.1, -0.05) is 102 Å². The molecule has 3 nitrogen and oxygen atoms in total. The van der Waals surface area contributed by atoms with E-state index in [0.717, 1.165) is 6.42 Å². The SMILES string of the molecule is CO[C@H](Cc1ccccc1)[C@H](C)/C=C(C)/C=C/[C@@H]1[C@@H](C)C(=O)N1[Si](C)(C)C(C)(C)C. The first-order valence-electron chi connectivity index (χ1n) is 11.2. The summed E-state index contributed by atoms with van der Waals surface area (Å²) in [6.45, 7) is 17.8. The summed E-state index contributed by atoms with van der Waals surface area (Å²) in [4.78, 5) is 12.7. The van der Waals surface area contributed by atoms with Crippen LogP contribution in [-0.4, -0.2) is 38.0 Å². The molecule has 166 valence electrons. The van der Waals surface area contributed by atoms with Crippen LogP contribution in [0.2, 0.25) is 18.1 Å².